The number of hydrogen-bond donors (Lipinski definition) is 4. The average Bonchev–Trinajstić information content (AvgIpc) is 3.26. The van der Waals surface area contributed by atoms with Crippen molar-refractivity contribution >= 4 is 25.7 Å². The zero-order valence-corrected chi connectivity index (χ0v) is 39.6. The summed E-state index contributed by atoms with van der Waals surface area (Å²) in [6.45, 7) is 2.54. The van der Waals surface area contributed by atoms with Crippen molar-refractivity contribution in [3.63, 3.8) is 0 Å². The number of aliphatic hydroxyl groups excluding tert-OH is 1. The van der Waals surface area contributed by atoms with Crippen molar-refractivity contribution in [1.82, 2.24) is 0 Å². The second-order valence-corrected chi connectivity index (χ2v) is 17.2. The predicted molar refractivity (Wildman–Crippen MR) is 255 cm³/mol. The maximum absolute atomic E-state index is 12.6. The minimum Gasteiger partial charge on any atom is -0.480 e. The number of phosphoric acid groups is 1. The number of allylic oxidation sites excluding steroid dienone is 12. The van der Waals surface area contributed by atoms with Gasteiger partial charge in [-0.05, 0) is 70.6 Å². The van der Waals surface area contributed by atoms with Crippen LogP contribution in [0.5, 0.6) is 0 Å². The summed E-state index contributed by atoms with van der Waals surface area (Å²) in [5, 5.41) is 18.9. The average molecular weight is 906 g/mol. The van der Waals surface area contributed by atoms with E-state index in [1.807, 2.05) is 54.7 Å². The maximum atomic E-state index is 12.6. The molecule has 63 heavy (non-hydrogen) atoms. The van der Waals surface area contributed by atoms with Crippen LogP contribution in [0, 0.1) is 0 Å². The number of ether oxygens (including phenoxy) is 2. The number of carbonyl (C=O) groups is 3. The van der Waals surface area contributed by atoms with E-state index >= 15 is 0 Å². The summed E-state index contributed by atoms with van der Waals surface area (Å²) in [5.74, 6) is -2.53. The van der Waals surface area contributed by atoms with Crippen LogP contribution in [0.3, 0.4) is 0 Å². The Morgan fingerprint density at radius 3 is 1.73 bits per heavy atom. The van der Waals surface area contributed by atoms with Gasteiger partial charge in [-0.2, -0.15) is 0 Å². The van der Waals surface area contributed by atoms with Gasteiger partial charge in [0.2, 0.25) is 0 Å². The molecule has 0 spiro atoms. The SMILES string of the molecule is CC/C=C\C/C=C\CC(O)/C=C/C=C\C/C=C\C/C=C\CCC(=O)O[C@H](COC(=O)CCCCCCCCCCC/C=C\CCCCCCCC)COP(=O)(O)OC[C@H](N)C(=O)O. The van der Waals surface area contributed by atoms with Crippen LogP contribution in [0.1, 0.15) is 174 Å². The molecule has 0 aromatic rings. The summed E-state index contributed by atoms with van der Waals surface area (Å²) < 4.78 is 32.7. The number of aliphatic carboxylic acids is 1. The molecule has 12 nitrogen and oxygen atoms in total. The summed E-state index contributed by atoms with van der Waals surface area (Å²) in [5.41, 5.74) is 5.33. The van der Waals surface area contributed by atoms with Gasteiger partial charge in [-0.1, -0.05) is 176 Å². The first-order chi connectivity index (χ1) is 30.5. The number of carboxylic acids is 1. The van der Waals surface area contributed by atoms with Gasteiger partial charge in [0.15, 0.2) is 6.10 Å². The van der Waals surface area contributed by atoms with Gasteiger partial charge in [-0.15, -0.1) is 0 Å². The number of carboxylic acid groups (broad SMARTS) is 1. The highest BCUT2D eigenvalue weighted by Crippen LogP contribution is 2.43. The van der Waals surface area contributed by atoms with Crippen molar-refractivity contribution in [2.75, 3.05) is 19.8 Å². The van der Waals surface area contributed by atoms with Crippen LogP contribution in [0.2, 0.25) is 0 Å². The van der Waals surface area contributed by atoms with E-state index in [0.29, 0.717) is 25.7 Å². The van der Waals surface area contributed by atoms with Crippen LogP contribution in [0.15, 0.2) is 85.1 Å². The normalized spacial score (nSPS) is 14.9. The number of nitrogens with two attached hydrogens (primary N) is 1. The fourth-order valence-corrected chi connectivity index (χ4v) is 6.77. The number of hydrogen-bond acceptors (Lipinski definition) is 10. The lowest BCUT2D eigenvalue weighted by Crippen LogP contribution is -2.34. The lowest BCUT2D eigenvalue weighted by Gasteiger charge is -2.20. The summed E-state index contributed by atoms with van der Waals surface area (Å²) in [6.07, 6.45) is 51.2. The molecule has 0 aliphatic carbocycles. The van der Waals surface area contributed by atoms with E-state index in [0.717, 1.165) is 38.5 Å². The summed E-state index contributed by atoms with van der Waals surface area (Å²) in [7, 11) is -4.76. The third-order valence-electron chi connectivity index (χ3n) is 9.72. The predicted octanol–water partition coefficient (Wildman–Crippen LogP) is 12.0. The molecule has 0 saturated carbocycles. The van der Waals surface area contributed by atoms with Crippen LogP contribution in [0.25, 0.3) is 0 Å². The second kappa shape index (κ2) is 43.9. The number of rotatable bonds is 43. The Bertz CT molecular complexity index is 1400. The van der Waals surface area contributed by atoms with Gasteiger partial charge in [-0.3, -0.25) is 23.4 Å². The monoisotopic (exact) mass is 906 g/mol. The molecule has 0 amide bonds. The van der Waals surface area contributed by atoms with Crippen LogP contribution in [-0.2, 0) is 37.5 Å². The first-order valence-electron chi connectivity index (χ1n) is 23.7. The summed E-state index contributed by atoms with van der Waals surface area (Å²) >= 11 is 0. The van der Waals surface area contributed by atoms with E-state index in [1.165, 1.54) is 83.5 Å². The van der Waals surface area contributed by atoms with Crippen molar-refractivity contribution in [3.8, 4) is 0 Å². The highest BCUT2D eigenvalue weighted by Gasteiger charge is 2.28. The largest absolute Gasteiger partial charge is 0.480 e. The molecule has 13 heteroatoms. The number of aliphatic hydroxyl groups is 1. The molecular weight excluding hydrogens is 822 g/mol. The number of unbranched alkanes of at least 4 members (excludes halogenated alkanes) is 15. The van der Waals surface area contributed by atoms with Gasteiger partial charge in [0, 0.05) is 12.8 Å². The molecule has 0 bridgehead atoms. The van der Waals surface area contributed by atoms with E-state index in [2.05, 4.69) is 42.7 Å². The van der Waals surface area contributed by atoms with Crippen LogP contribution < -0.4 is 5.73 Å². The van der Waals surface area contributed by atoms with Crippen molar-refractivity contribution in [2.24, 2.45) is 5.73 Å². The first-order valence-corrected chi connectivity index (χ1v) is 25.2. The number of carbonyl (C=O) groups excluding carboxylic acids is 2. The molecule has 0 aromatic heterocycles. The molecule has 0 saturated heterocycles. The quantitative estimate of drug-likeness (QED) is 0.0149. The van der Waals surface area contributed by atoms with Gasteiger partial charge in [0.1, 0.15) is 12.6 Å². The molecule has 5 N–H and O–H groups in total. The molecule has 2 unspecified atom stereocenters. The van der Waals surface area contributed by atoms with Gasteiger partial charge >= 0.3 is 25.7 Å². The van der Waals surface area contributed by atoms with Crippen molar-refractivity contribution < 1.29 is 52.6 Å². The Morgan fingerprint density at radius 2 is 1.11 bits per heavy atom. The van der Waals surface area contributed by atoms with E-state index < -0.39 is 63.8 Å². The number of phosphoric ester groups is 1. The Labute approximate surface area is 380 Å². The lowest BCUT2D eigenvalue weighted by atomic mass is 10.1. The van der Waals surface area contributed by atoms with E-state index in [-0.39, 0.29) is 12.8 Å². The Kier molecular flexibility index (Phi) is 41.5. The minimum atomic E-state index is -4.76. The molecule has 0 aliphatic heterocycles. The standard InChI is InChI=1S/C50H84NO11P/c1-3-5-7-9-11-12-13-14-15-16-17-18-19-20-21-25-28-32-36-40-48(53)59-42-46(43-60-63(57,58)61-44-47(51)50(55)56)62-49(54)41-37-33-29-26-23-22-24-27-31-35-39-45(52)38-34-30-10-8-6-4-2/h6,8,14-15,22-23,27,29-31,33-35,39,45-47,52H,3-5,7,9-13,16-21,24-26,28,32,36-38,40-44,51H2,1-2H3,(H,55,56)(H,57,58)/b8-6-,15-14-,23-22-,31-27-,33-29-,34-30-,39-35+/t45?,46-,47+/m1/s1. The molecule has 0 radical (unpaired) electrons. The smallest absolute Gasteiger partial charge is 0.472 e. The van der Waals surface area contributed by atoms with E-state index in [1.54, 1.807) is 6.08 Å². The summed E-state index contributed by atoms with van der Waals surface area (Å²) in [6, 6.07) is -1.55. The molecule has 4 atom stereocenters. The second-order valence-electron chi connectivity index (χ2n) is 15.7. The molecule has 0 heterocycles. The third-order valence-corrected chi connectivity index (χ3v) is 10.7. The van der Waals surface area contributed by atoms with Crippen molar-refractivity contribution in [2.45, 2.75) is 193 Å². The lowest BCUT2D eigenvalue weighted by molar-refractivity contribution is -0.161. The van der Waals surface area contributed by atoms with Gasteiger partial charge < -0.3 is 30.3 Å². The third kappa shape index (κ3) is 43.6. The highest BCUT2D eigenvalue weighted by molar-refractivity contribution is 7.47. The molecule has 0 aliphatic rings. The van der Waals surface area contributed by atoms with E-state index in [4.69, 9.17) is 24.8 Å². The van der Waals surface area contributed by atoms with E-state index in [9.17, 15) is 28.9 Å². The maximum Gasteiger partial charge on any atom is 0.472 e. The number of esters is 2. The fourth-order valence-electron chi connectivity index (χ4n) is 5.99. The van der Waals surface area contributed by atoms with Crippen LogP contribution >= 0.6 is 7.82 Å². The Balaban J connectivity index is 4.49. The van der Waals surface area contributed by atoms with Crippen LogP contribution in [-0.4, -0.2) is 71.1 Å². The Morgan fingerprint density at radius 1 is 0.587 bits per heavy atom. The highest BCUT2D eigenvalue weighted by atomic mass is 31.2. The Hall–Kier alpha value is -3.38. The molecule has 0 fully saturated rings. The van der Waals surface area contributed by atoms with Gasteiger partial charge in [0.05, 0.1) is 19.3 Å². The molecule has 360 valence electrons. The zero-order valence-electron chi connectivity index (χ0n) is 38.7. The molecular formula is C50H84NO11P. The van der Waals surface area contributed by atoms with Gasteiger partial charge in [-0.25, -0.2) is 4.57 Å². The fraction of sp³-hybridized carbons (Fsp3) is 0.660. The van der Waals surface area contributed by atoms with Crippen molar-refractivity contribution in [1.29, 1.82) is 0 Å². The topological polar surface area (TPSA) is 192 Å². The van der Waals surface area contributed by atoms with Crippen molar-refractivity contribution in [3.05, 3.63) is 85.1 Å². The zero-order chi connectivity index (χ0) is 46.5. The molecule has 0 rings (SSSR count). The summed E-state index contributed by atoms with van der Waals surface area (Å²) in [4.78, 5) is 46.0. The minimum absolute atomic E-state index is 0.00866. The van der Waals surface area contributed by atoms with Crippen LogP contribution in [0.4, 0.5) is 0 Å². The first kappa shape index (κ1) is 59.6. The van der Waals surface area contributed by atoms with Gasteiger partial charge in [0.25, 0.3) is 0 Å². The molecule has 0 aromatic carbocycles.